The Kier molecular flexibility index (Phi) is 2.92. The van der Waals surface area contributed by atoms with Crippen LogP contribution in [0.1, 0.15) is 25.7 Å². The van der Waals surface area contributed by atoms with Gasteiger partial charge in [0.2, 0.25) is 0 Å². The Hall–Kier alpha value is -2.29. The van der Waals surface area contributed by atoms with Gasteiger partial charge < -0.3 is 9.15 Å². The van der Waals surface area contributed by atoms with Crippen molar-refractivity contribution in [2.45, 2.75) is 25.7 Å². The third-order valence-corrected chi connectivity index (χ3v) is 4.26. The van der Waals surface area contributed by atoms with Crippen molar-refractivity contribution in [3.05, 3.63) is 42.5 Å². The fourth-order valence-corrected chi connectivity index (χ4v) is 3.13. The third-order valence-electron chi connectivity index (χ3n) is 4.26. The summed E-state index contributed by atoms with van der Waals surface area (Å²) >= 11 is 0. The van der Waals surface area contributed by atoms with Crippen LogP contribution in [0.5, 0.6) is 5.75 Å². The smallest absolute Gasteiger partial charge is 0.314 e. The first-order valence-electron chi connectivity index (χ1n) is 7.44. The number of esters is 1. The molecule has 106 valence electrons. The lowest BCUT2D eigenvalue weighted by Crippen LogP contribution is -2.17. The molecule has 4 rings (SSSR count). The first-order valence-corrected chi connectivity index (χ1v) is 7.44. The normalized spacial score (nSPS) is 15.8. The van der Waals surface area contributed by atoms with Gasteiger partial charge in [-0.15, -0.1) is 0 Å². The van der Waals surface area contributed by atoms with Crippen molar-refractivity contribution in [2.75, 3.05) is 0 Å². The summed E-state index contributed by atoms with van der Waals surface area (Å²) in [6, 6.07) is 13.5. The molecule has 1 saturated carbocycles. The van der Waals surface area contributed by atoms with Crippen LogP contribution in [0.4, 0.5) is 0 Å². The first kappa shape index (κ1) is 12.5. The average Bonchev–Trinajstić information content (AvgIpc) is 3.14. The van der Waals surface area contributed by atoms with E-state index in [1.807, 2.05) is 36.4 Å². The molecule has 2 aromatic carbocycles. The standard InChI is InChI=1S/C18H16O3/c19-18(12-5-1-2-6-12)20-13-9-10-17-15(11-13)14-7-3-4-8-16(14)21-17/h3-4,7-12H,1-2,5-6H2. The Bertz CT molecular complexity index is 810. The van der Waals surface area contributed by atoms with E-state index in [0.717, 1.165) is 47.6 Å². The van der Waals surface area contributed by atoms with Crippen LogP contribution < -0.4 is 4.74 Å². The number of carbonyl (C=O) groups excluding carboxylic acids is 1. The van der Waals surface area contributed by atoms with Gasteiger partial charge in [-0.1, -0.05) is 31.0 Å². The summed E-state index contributed by atoms with van der Waals surface area (Å²) in [6.07, 6.45) is 4.17. The summed E-state index contributed by atoms with van der Waals surface area (Å²) in [6.45, 7) is 0. The second kappa shape index (κ2) is 4.92. The second-order valence-corrected chi connectivity index (χ2v) is 5.66. The van der Waals surface area contributed by atoms with E-state index in [-0.39, 0.29) is 11.9 Å². The minimum atomic E-state index is -0.0975. The zero-order valence-corrected chi connectivity index (χ0v) is 11.7. The van der Waals surface area contributed by atoms with Crippen LogP contribution in [-0.2, 0) is 4.79 Å². The lowest BCUT2D eigenvalue weighted by atomic mass is 10.1. The van der Waals surface area contributed by atoms with Gasteiger partial charge in [0.25, 0.3) is 0 Å². The van der Waals surface area contributed by atoms with Crippen LogP contribution in [0.25, 0.3) is 21.9 Å². The lowest BCUT2D eigenvalue weighted by Gasteiger charge is -2.09. The quantitative estimate of drug-likeness (QED) is 0.505. The zero-order chi connectivity index (χ0) is 14.2. The zero-order valence-electron chi connectivity index (χ0n) is 11.7. The fraction of sp³-hybridized carbons (Fsp3) is 0.278. The molecular formula is C18H16O3. The molecule has 0 spiro atoms. The van der Waals surface area contributed by atoms with Crippen molar-refractivity contribution < 1.29 is 13.9 Å². The second-order valence-electron chi connectivity index (χ2n) is 5.66. The van der Waals surface area contributed by atoms with Gasteiger partial charge in [-0.25, -0.2) is 0 Å². The van der Waals surface area contributed by atoms with Crippen molar-refractivity contribution in [2.24, 2.45) is 5.92 Å². The number of benzene rings is 2. The Morgan fingerprint density at radius 2 is 1.76 bits per heavy atom. The van der Waals surface area contributed by atoms with Crippen LogP contribution in [0.2, 0.25) is 0 Å². The third kappa shape index (κ3) is 2.19. The molecular weight excluding hydrogens is 264 g/mol. The number of furan rings is 1. The molecule has 0 radical (unpaired) electrons. The van der Waals surface area contributed by atoms with E-state index in [9.17, 15) is 4.79 Å². The largest absolute Gasteiger partial charge is 0.456 e. The van der Waals surface area contributed by atoms with Crippen LogP contribution >= 0.6 is 0 Å². The van der Waals surface area contributed by atoms with E-state index in [1.54, 1.807) is 6.07 Å². The fourth-order valence-electron chi connectivity index (χ4n) is 3.13. The Balaban J connectivity index is 1.69. The Labute approximate surface area is 122 Å². The Morgan fingerprint density at radius 3 is 2.62 bits per heavy atom. The maximum absolute atomic E-state index is 12.1. The summed E-state index contributed by atoms with van der Waals surface area (Å²) < 4.78 is 11.3. The minimum absolute atomic E-state index is 0.0711. The highest BCUT2D eigenvalue weighted by atomic mass is 16.5. The van der Waals surface area contributed by atoms with Crippen molar-refractivity contribution in [1.29, 1.82) is 0 Å². The highest BCUT2D eigenvalue weighted by Gasteiger charge is 2.24. The number of carbonyl (C=O) groups is 1. The molecule has 21 heavy (non-hydrogen) atoms. The molecule has 1 aromatic heterocycles. The maximum Gasteiger partial charge on any atom is 0.314 e. The number of hydrogen-bond acceptors (Lipinski definition) is 3. The summed E-state index contributed by atoms with van der Waals surface area (Å²) in [5.74, 6) is 0.576. The molecule has 1 heterocycles. The minimum Gasteiger partial charge on any atom is -0.456 e. The predicted molar refractivity (Wildman–Crippen MR) is 81.3 cm³/mol. The number of ether oxygens (including phenoxy) is 1. The number of rotatable bonds is 2. The van der Waals surface area contributed by atoms with Gasteiger partial charge in [0.1, 0.15) is 16.9 Å². The number of hydrogen-bond donors (Lipinski definition) is 0. The first-order chi connectivity index (χ1) is 10.3. The van der Waals surface area contributed by atoms with Gasteiger partial charge in [-0.05, 0) is 37.1 Å². The Morgan fingerprint density at radius 1 is 1.00 bits per heavy atom. The van der Waals surface area contributed by atoms with Crippen molar-refractivity contribution in [3.63, 3.8) is 0 Å². The van der Waals surface area contributed by atoms with Crippen molar-refractivity contribution in [3.8, 4) is 5.75 Å². The van der Waals surface area contributed by atoms with E-state index in [4.69, 9.17) is 9.15 Å². The lowest BCUT2D eigenvalue weighted by molar-refractivity contribution is -0.138. The molecule has 0 N–H and O–H groups in total. The van der Waals surface area contributed by atoms with Gasteiger partial charge in [-0.2, -0.15) is 0 Å². The van der Waals surface area contributed by atoms with Crippen molar-refractivity contribution in [1.82, 2.24) is 0 Å². The van der Waals surface area contributed by atoms with E-state index in [2.05, 4.69) is 0 Å². The molecule has 3 aromatic rings. The molecule has 1 aliphatic carbocycles. The van der Waals surface area contributed by atoms with E-state index in [1.165, 1.54) is 0 Å². The molecule has 0 saturated heterocycles. The van der Waals surface area contributed by atoms with Crippen molar-refractivity contribution >= 4 is 27.9 Å². The number of fused-ring (bicyclic) bond motifs is 3. The van der Waals surface area contributed by atoms with E-state index < -0.39 is 0 Å². The molecule has 0 amide bonds. The average molecular weight is 280 g/mol. The summed E-state index contributed by atoms with van der Waals surface area (Å²) in [5, 5.41) is 2.04. The van der Waals surface area contributed by atoms with Gasteiger partial charge in [-0.3, -0.25) is 4.79 Å². The van der Waals surface area contributed by atoms with Gasteiger partial charge >= 0.3 is 5.97 Å². The van der Waals surface area contributed by atoms with Gasteiger partial charge in [0.15, 0.2) is 0 Å². The summed E-state index contributed by atoms with van der Waals surface area (Å²) in [5.41, 5.74) is 1.67. The SMILES string of the molecule is O=C(Oc1ccc2oc3ccccc3c2c1)C1CCCC1. The van der Waals surface area contributed by atoms with Crippen LogP contribution in [0, 0.1) is 5.92 Å². The molecule has 0 aliphatic heterocycles. The van der Waals surface area contributed by atoms with Crippen LogP contribution in [0.3, 0.4) is 0 Å². The van der Waals surface area contributed by atoms with E-state index >= 15 is 0 Å². The maximum atomic E-state index is 12.1. The molecule has 3 heteroatoms. The molecule has 0 bridgehead atoms. The highest BCUT2D eigenvalue weighted by Crippen LogP contribution is 2.32. The molecule has 1 aliphatic rings. The molecule has 3 nitrogen and oxygen atoms in total. The van der Waals surface area contributed by atoms with Gasteiger partial charge in [0, 0.05) is 10.8 Å². The van der Waals surface area contributed by atoms with Crippen LogP contribution in [0.15, 0.2) is 46.9 Å². The van der Waals surface area contributed by atoms with Gasteiger partial charge in [0.05, 0.1) is 5.92 Å². The monoisotopic (exact) mass is 280 g/mol. The predicted octanol–water partition coefficient (Wildman–Crippen LogP) is 4.68. The number of para-hydroxylation sites is 1. The summed E-state index contributed by atoms with van der Waals surface area (Å²) in [4.78, 5) is 12.1. The molecule has 1 fully saturated rings. The molecule has 0 atom stereocenters. The summed E-state index contributed by atoms with van der Waals surface area (Å²) in [7, 11) is 0. The molecule has 0 unspecified atom stereocenters. The van der Waals surface area contributed by atoms with Crippen LogP contribution in [-0.4, -0.2) is 5.97 Å². The van der Waals surface area contributed by atoms with E-state index in [0.29, 0.717) is 5.75 Å². The topological polar surface area (TPSA) is 39.4 Å². The highest BCUT2D eigenvalue weighted by molar-refractivity contribution is 6.05.